The van der Waals surface area contributed by atoms with Crippen LogP contribution in [-0.2, 0) is 9.59 Å². The number of amidine groups is 2. The average molecular weight is 573 g/mol. The highest BCUT2D eigenvalue weighted by atomic mass is 32.2. The van der Waals surface area contributed by atoms with Gasteiger partial charge in [0.05, 0.1) is 9.81 Å². The predicted molar refractivity (Wildman–Crippen MR) is 169 cm³/mol. The SMILES string of the molecule is Cc1ccccc1/C=C1\SC(N2CCCCC2)=NC1=O.Cc1ccccc1/C=C1\SC(N2CCCCC2)=NC1=O. The number of likely N-dealkylation sites (tertiary alicyclic amines) is 2. The molecule has 0 bridgehead atoms. The summed E-state index contributed by atoms with van der Waals surface area (Å²) in [6, 6.07) is 16.2. The number of carbonyl (C=O) groups excluding carboxylic acids is 2. The van der Waals surface area contributed by atoms with Gasteiger partial charge in [0, 0.05) is 26.2 Å². The molecule has 0 radical (unpaired) electrons. The lowest BCUT2D eigenvalue weighted by Gasteiger charge is -2.27. The van der Waals surface area contributed by atoms with Gasteiger partial charge in [-0.25, -0.2) is 0 Å². The first-order chi connectivity index (χ1) is 19.5. The summed E-state index contributed by atoms with van der Waals surface area (Å²) in [6.45, 7) is 8.22. The molecule has 40 heavy (non-hydrogen) atoms. The van der Waals surface area contributed by atoms with Gasteiger partial charge in [0.15, 0.2) is 10.3 Å². The van der Waals surface area contributed by atoms with Crippen LogP contribution < -0.4 is 0 Å². The van der Waals surface area contributed by atoms with E-state index in [9.17, 15) is 9.59 Å². The van der Waals surface area contributed by atoms with Crippen LogP contribution in [0.15, 0.2) is 68.3 Å². The molecular formula is C32H36N4O2S2. The van der Waals surface area contributed by atoms with E-state index in [1.165, 1.54) is 73.2 Å². The summed E-state index contributed by atoms with van der Waals surface area (Å²) in [5.41, 5.74) is 4.55. The first-order valence-electron chi connectivity index (χ1n) is 14.1. The highest BCUT2D eigenvalue weighted by molar-refractivity contribution is 8.18. The zero-order valence-corrected chi connectivity index (χ0v) is 24.9. The number of aliphatic imine (C=N–C) groups is 2. The molecule has 0 aliphatic carbocycles. The molecule has 208 valence electrons. The van der Waals surface area contributed by atoms with Crippen molar-refractivity contribution in [2.24, 2.45) is 9.98 Å². The van der Waals surface area contributed by atoms with Crippen LogP contribution >= 0.6 is 23.5 Å². The van der Waals surface area contributed by atoms with Crippen LogP contribution in [0.2, 0.25) is 0 Å². The molecule has 6 rings (SSSR count). The summed E-state index contributed by atoms with van der Waals surface area (Å²) < 4.78 is 0. The number of nitrogens with zero attached hydrogens (tertiary/aromatic N) is 4. The minimum Gasteiger partial charge on any atom is -0.351 e. The summed E-state index contributed by atoms with van der Waals surface area (Å²) in [5.74, 6) is -0.197. The number of piperidine rings is 2. The van der Waals surface area contributed by atoms with E-state index in [1.54, 1.807) is 0 Å². The van der Waals surface area contributed by atoms with E-state index in [4.69, 9.17) is 0 Å². The van der Waals surface area contributed by atoms with Gasteiger partial charge in [0.1, 0.15) is 0 Å². The maximum absolute atomic E-state index is 12.0. The molecule has 8 heteroatoms. The Morgan fingerprint density at radius 2 is 0.975 bits per heavy atom. The largest absolute Gasteiger partial charge is 0.351 e. The summed E-state index contributed by atoms with van der Waals surface area (Å²) in [5, 5.41) is 1.77. The molecule has 4 aliphatic rings. The minimum atomic E-state index is -0.0983. The first kappa shape index (κ1) is 28.4. The van der Waals surface area contributed by atoms with Crippen molar-refractivity contribution < 1.29 is 9.59 Å². The molecule has 0 saturated carbocycles. The number of hydrogen-bond acceptors (Lipinski definition) is 6. The highest BCUT2D eigenvalue weighted by Crippen LogP contribution is 2.33. The van der Waals surface area contributed by atoms with Crippen molar-refractivity contribution in [1.29, 1.82) is 0 Å². The quantitative estimate of drug-likeness (QED) is 0.365. The molecule has 6 nitrogen and oxygen atoms in total. The molecule has 0 N–H and O–H groups in total. The maximum atomic E-state index is 12.0. The molecule has 0 unspecified atom stereocenters. The molecule has 4 heterocycles. The van der Waals surface area contributed by atoms with Crippen LogP contribution in [0.5, 0.6) is 0 Å². The fourth-order valence-electron chi connectivity index (χ4n) is 5.02. The minimum absolute atomic E-state index is 0.0983. The third kappa shape index (κ3) is 7.15. The Morgan fingerprint density at radius 1 is 0.600 bits per heavy atom. The maximum Gasteiger partial charge on any atom is 0.286 e. The molecule has 0 aromatic heterocycles. The first-order valence-corrected chi connectivity index (χ1v) is 15.8. The number of aryl methyl sites for hydroxylation is 2. The third-order valence-corrected chi connectivity index (χ3v) is 9.51. The van der Waals surface area contributed by atoms with Crippen molar-refractivity contribution in [3.63, 3.8) is 0 Å². The van der Waals surface area contributed by atoms with E-state index in [1.807, 2.05) is 48.6 Å². The van der Waals surface area contributed by atoms with Crippen LogP contribution in [0.3, 0.4) is 0 Å². The summed E-state index contributed by atoms with van der Waals surface area (Å²) >= 11 is 3.03. The molecule has 4 aliphatic heterocycles. The van der Waals surface area contributed by atoms with Crippen molar-refractivity contribution in [3.05, 3.63) is 80.6 Å². The van der Waals surface area contributed by atoms with Crippen LogP contribution in [-0.4, -0.2) is 58.1 Å². The molecule has 2 saturated heterocycles. The summed E-state index contributed by atoms with van der Waals surface area (Å²) in [6.07, 6.45) is 11.3. The number of benzene rings is 2. The summed E-state index contributed by atoms with van der Waals surface area (Å²) in [7, 11) is 0. The van der Waals surface area contributed by atoms with Gasteiger partial charge in [-0.05, 0) is 110 Å². The van der Waals surface area contributed by atoms with E-state index in [0.717, 1.165) is 57.5 Å². The molecule has 0 atom stereocenters. The lowest BCUT2D eigenvalue weighted by atomic mass is 10.1. The van der Waals surface area contributed by atoms with Crippen LogP contribution in [0.25, 0.3) is 12.2 Å². The number of hydrogen-bond donors (Lipinski definition) is 0. The van der Waals surface area contributed by atoms with Gasteiger partial charge in [-0.15, -0.1) is 0 Å². The van der Waals surface area contributed by atoms with Crippen LogP contribution in [0.1, 0.15) is 60.8 Å². The number of thioether (sulfide) groups is 2. The van der Waals surface area contributed by atoms with E-state index in [-0.39, 0.29) is 11.8 Å². The van der Waals surface area contributed by atoms with Gasteiger partial charge in [-0.3, -0.25) is 9.59 Å². The zero-order valence-electron chi connectivity index (χ0n) is 23.3. The number of carbonyl (C=O) groups is 2. The topological polar surface area (TPSA) is 65.3 Å². The van der Waals surface area contributed by atoms with Gasteiger partial charge in [0.25, 0.3) is 11.8 Å². The van der Waals surface area contributed by atoms with Crippen LogP contribution in [0.4, 0.5) is 0 Å². The molecule has 2 amide bonds. The fraction of sp³-hybridized carbons (Fsp3) is 0.375. The van der Waals surface area contributed by atoms with Crippen molar-refractivity contribution in [2.75, 3.05) is 26.2 Å². The second-order valence-electron chi connectivity index (χ2n) is 10.4. The lowest BCUT2D eigenvalue weighted by molar-refractivity contribution is -0.114. The van der Waals surface area contributed by atoms with Gasteiger partial charge in [-0.1, -0.05) is 48.5 Å². The monoisotopic (exact) mass is 572 g/mol. The smallest absolute Gasteiger partial charge is 0.286 e. The Kier molecular flexibility index (Phi) is 9.60. The van der Waals surface area contributed by atoms with Crippen molar-refractivity contribution in [3.8, 4) is 0 Å². The summed E-state index contributed by atoms with van der Waals surface area (Å²) in [4.78, 5) is 38.5. The Labute approximate surface area is 245 Å². The Hall–Kier alpha value is -3.10. The molecular weight excluding hydrogens is 537 g/mol. The van der Waals surface area contributed by atoms with E-state index in [0.29, 0.717) is 0 Å². The molecule has 0 spiro atoms. The number of rotatable bonds is 2. The number of amides is 2. The third-order valence-electron chi connectivity index (χ3n) is 7.42. The van der Waals surface area contributed by atoms with E-state index in [2.05, 4.69) is 45.8 Å². The van der Waals surface area contributed by atoms with Crippen molar-refractivity contribution in [2.45, 2.75) is 52.4 Å². The fourth-order valence-corrected chi connectivity index (χ4v) is 6.93. The Morgan fingerprint density at radius 3 is 1.35 bits per heavy atom. The van der Waals surface area contributed by atoms with Gasteiger partial charge < -0.3 is 9.80 Å². The van der Waals surface area contributed by atoms with Crippen molar-refractivity contribution in [1.82, 2.24) is 9.80 Å². The Balaban J connectivity index is 0.000000161. The standard InChI is InChI=1S/2C16H18N2OS/c2*1-12-7-3-4-8-13(12)11-14-15(19)17-16(20-14)18-9-5-2-6-10-18/h2*3-4,7-8,11H,2,5-6,9-10H2,1H3/b2*14-11-. The Bertz CT molecular complexity index is 1280. The van der Waals surface area contributed by atoms with Gasteiger partial charge in [-0.2, -0.15) is 9.98 Å². The van der Waals surface area contributed by atoms with E-state index < -0.39 is 0 Å². The molecule has 2 aromatic carbocycles. The molecule has 2 aromatic rings. The van der Waals surface area contributed by atoms with Crippen LogP contribution in [0, 0.1) is 13.8 Å². The second kappa shape index (κ2) is 13.5. The average Bonchev–Trinajstić information content (AvgIpc) is 3.54. The second-order valence-corrected chi connectivity index (χ2v) is 12.4. The van der Waals surface area contributed by atoms with Crippen molar-refractivity contribution >= 4 is 57.8 Å². The van der Waals surface area contributed by atoms with Gasteiger partial charge >= 0.3 is 0 Å². The zero-order chi connectivity index (χ0) is 27.9. The highest BCUT2D eigenvalue weighted by Gasteiger charge is 2.28. The molecule has 2 fully saturated rings. The van der Waals surface area contributed by atoms with Gasteiger partial charge in [0.2, 0.25) is 0 Å². The predicted octanol–water partition coefficient (Wildman–Crippen LogP) is 6.90. The lowest BCUT2D eigenvalue weighted by Crippen LogP contribution is -2.33. The van der Waals surface area contributed by atoms with E-state index >= 15 is 0 Å². The normalized spacial score (nSPS) is 21.4.